The topological polar surface area (TPSA) is 33.7 Å². The van der Waals surface area contributed by atoms with Crippen molar-refractivity contribution in [2.75, 3.05) is 47.5 Å². The molecule has 1 N–H and O–H groups in total. The van der Waals surface area contributed by atoms with Gasteiger partial charge in [-0.25, -0.2) is 0 Å². The van der Waals surface area contributed by atoms with Crippen molar-refractivity contribution < 1.29 is 9.47 Å². The lowest BCUT2D eigenvalue weighted by atomic mass is 10.1. The number of aryl methyl sites for hydroxylation is 1. The second-order valence-electron chi connectivity index (χ2n) is 4.79. The van der Waals surface area contributed by atoms with Gasteiger partial charge in [0.25, 0.3) is 0 Å². The van der Waals surface area contributed by atoms with E-state index in [2.05, 4.69) is 36.3 Å². The molecule has 0 aromatic heterocycles. The van der Waals surface area contributed by atoms with Crippen LogP contribution in [0.15, 0.2) is 18.2 Å². The van der Waals surface area contributed by atoms with E-state index in [-0.39, 0.29) is 0 Å². The van der Waals surface area contributed by atoms with E-state index in [0.717, 1.165) is 38.5 Å². The number of rotatable bonds is 9. The van der Waals surface area contributed by atoms with Gasteiger partial charge in [-0.2, -0.15) is 0 Å². The molecule has 0 bridgehead atoms. The van der Waals surface area contributed by atoms with E-state index in [0.29, 0.717) is 0 Å². The molecule has 0 radical (unpaired) electrons. The highest BCUT2D eigenvalue weighted by Gasteiger charge is 2.03. The second-order valence-corrected chi connectivity index (χ2v) is 4.79. The van der Waals surface area contributed by atoms with Crippen molar-refractivity contribution in [3.05, 3.63) is 29.3 Å². The normalized spacial score (nSPS) is 11.0. The number of likely N-dealkylation sites (N-methyl/N-ethyl adjacent to an activating group) is 1. The molecular weight excluding hydrogens is 240 g/mol. The molecule has 0 aliphatic heterocycles. The smallest absolute Gasteiger partial charge is 0.123 e. The van der Waals surface area contributed by atoms with Crippen molar-refractivity contribution in [1.29, 1.82) is 0 Å². The van der Waals surface area contributed by atoms with Gasteiger partial charge >= 0.3 is 0 Å². The molecule has 0 heterocycles. The third-order valence-electron chi connectivity index (χ3n) is 3.10. The average Bonchev–Trinajstić information content (AvgIpc) is 2.41. The van der Waals surface area contributed by atoms with Gasteiger partial charge in [-0.15, -0.1) is 0 Å². The molecule has 108 valence electrons. The van der Waals surface area contributed by atoms with E-state index < -0.39 is 0 Å². The van der Waals surface area contributed by atoms with Crippen LogP contribution >= 0.6 is 0 Å². The Labute approximate surface area is 116 Å². The molecule has 0 aliphatic carbocycles. The second kappa shape index (κ2) is 8.91. The summed E-state index contributed by atoms with van der Waals surface area (Å²) in [6.07, 6.45) is 0. The summed E-state index contributed by atoms with van der Waals surface area (Å²) in [6.45, 7) is 6.65. The number of benzene rings is 1. The molecule has 1 rings (SSSR count). The molecule has 4 nitrogen and oxygen atoms in total. The van der Waals surface area contributed by atoms with E-state index in [9.17, 15) is 0 Å². The maximum absolute atomic E-state index is 5.36. The van der Waals surface area contributed by atoms with Crippen molar-refractivity contribution >= 4 is 0 Å². The zero-order valence-electron chi connectivity index (χ0n) is 12.5. The van der Waals surface area contributed by atoms with Crippen LogP contribution in [0.25, 0.3) is 0 Å². The van der Waals surface area contributed by atoms with E-state index in [1.807, 2.05) is 6.07 Å². The number of nitrogens with zero attached hydrogens (tertiary/aromatic N) is 1. The molecule has 0 spiro atoms. The molecule has 0 atom stereocenters. The largest absolute Gasteiger partial charge is 0.496 e. The molecule has 1 aromatic rings. The monoisotopic (exact) mass is 266 g/mol. The number of nitrogens with one attached hydrogen (secondary N) is 1. The molecular formula is C15H26N2O2. The van der Waals surface area contributed by atoms with Crippen LogP contribution in [0.2, 0.25) is 0 Å². The zero-order chi connectivity index (χ0) is 14.1. The lowest BCUT2D eigenvalue weighted by molar-refractivity contribution is 0.161. The standard InChI is InChI=1S/C15H26N2O2/c1-13-5-6-15(19-4)14(11-13)12-16-7-8-17(2)9-10-18-3/h5-6,11,16H,7-10,12H2,1-4H3. The Balaban J connectivity index is 2.31. The van der Waals surface area contributed by atoms with Crippen molar-refractivity contribution in [2.45, 2.75) is 13.5 Å². The van der Waals surface area contributed by atoms with E-state index >= 15 is 0 Å². The zero-order valence-corrected chi connectivity index (χ0v) is 12.5. The summed E-state index contributed by atoms with van der Waals surface area (Å²) in [4.78, 5) is 2.25. The van der Waals surface area contributed by atoms with Crippen LogP contribution in [0.1, 0.15) is 11.1 Å². The molecule has 1 aromatic carbocycles. The summed E-state index contributed by atoms with van der Waals surface area (Å²) >= 11 is 0. The number of ether oxygens (including phenoxy) is 2. The minimum atomic E-state index is 0.780. The Morgan fingerprint density at radius 1 is 1.21 bits per heavy atom. The molecule has 0 aliphatic rings. The molecule has 0 saturated heterocycles. The van der Waals surface area contributed by atoms with Crippen LogP contribution in [0, 0.1) is 6.92 Å². The third kappa shape index (κ3) is 6.05. The van der Waals surface area contributed by atoms with E-state index in [1.54, 1.807) is 14.2 Å². The van der Waals surface area contributed by atoms with Gasteiger partial charge < -0.3 is 19.7 Å². The highest BCUT2D eigenvalue weighted by molar-refractivity contribution is 5.36. The first-order valence-electron chi connectivity index (χ1n) is 6.69. The highest BCUT2D eigenvalue weighted by atomic mass is 16.5. The fourth-order valence-corrected chi connectivity index (χ4v) is 1.90. The van der Waals surface area contributed by atoms with Gasteiger partial charge in [-0.1, -0.05) is 17.7 Å². The average molecular weight is 266 g/mol. The first-order chi connectivity index (χ1) is 9.17. The van der Waals surface area contributed by atoms with Crippen LogP contribution in [0.4, 0.5) is 0 Å². The van der Waals surface area contributed by atoms with Gasteiger partial charge in [0.2, 0.25) is 0 Å². The lowest BCUT2D eigenvalue weighted by Gasteiger charge is -2.16. The summed E-state index contributed by atoms with van der Waals surface area (Å²) in [7, 11) is 5.55. The molecule has 0 saturated carbocycles. The predicted molar refractivity (Wildman–Crippen MR) is 78.8 cm³/mol. The number of hydrogen-bond donors (Lipinski definition) is 1. The molecule has 0 amide bonds. The van der Waals surface area contributed by atoms with Gasteiger partial charge in [-0.05, 0) is 20.0 Å². The quantitative estimate of drug-likeness (QED) is 0.689. The van der Waals surface area contributed by atoms with Crippen LogP contribution in [0.5, 0.6) is 5.75 Å². The van der Waals surface area contributed by atoms with Gasteiger partial charge in [0.15, 0.2) is 0 Å². The van der Waals surface area contributed by atoms with Crippen LogP contribution in [-0.2, 0) is 11.3 Å². The molecule has 19 heavy (non-hydrogen) atoms. The summed E-state index contributed by atoms with van der Waals surface area (Å²) in [5, 5.41) is 3.45. The van der Waals surface area contributed by atoms with E-state index in [1.165, 1.54) is 11.1 Å². The van der Waals surface area contributed by atoms with Gasteiger partial charge in [-0.3, -0.25) is 0 Å². The predicted octanol–water partition coefficient (Wildman–Crippen LogP) is 1.67. The van der Waals surface area contributed by atoms with Crippen LogP contribution < -0.4 is 10.1 Å². The Bertz CT molecular complexity index is 369. The maximum atomic E-state index is 5.36. The fraction of sp³-hybridized carbons (Fsp3) is 0.600. The van der Waals surface area contributed by atoms with Crippen molar-refractivity contribution in [2.24, 2.45) is 0 Å². The Hall–Kier alpha value is -1.10. The van der Waals surface area contributed by atoms with Crippen LogP contribution in [0.3, 0.4) is 0 Å². The van der Waals surface area contributed by atoms with Gasteiger partial charge in [0.05, 0.1) is 13.7 Å². The third-order valence-corrected chi connectivity index (χ3v) is 3.10. The Kier molecular flexibility index (Phi) is 7.48. The van der Waals surface area contributed by atoms with Crippen molar-refractivity contribution in [1.82, 2.24) is 10.2 Å². The summed E-state index contributed by atoms with van der Waals surface area (Å²) in [6, 6.07) is 6.26. The SMILES string of the molecule is COCCN(C)CCNCc1cc(C)ccc1OC. The van der Waals surface area contributed by atoms with Crippen molar-refractivity contribution in [3.63, 3.8) is 0 Å². The number of hydrogen-bond acceptors (Lipinski definition) is 4. The van der Waals surface area contributed by atoms with E-state index in [4.69, 9.17) is 9.47 Å². The molecule has 4 heteroatoms. The number of methoxy groups -OCH3 is 2. The highest BCUT2D eigenvalue weighted by Crippen LogP contribution is 2.19. The minimum Gasteiger partial charge on any atom is -0.496 e. The Morgan fingerprint density at radius 2 is 2.00 bits per heavy atom. The molecule has 0 fully saturated rings. The summed E-state index contributed by atoms with van der Waals surface area (Å²) in [5.41, 5.74) is 2.47. The first kappa shape index (κ1) is 16.0. The Morgan fingerprint density at radius 3 is 2.68 bits per heavy atom. The fourth-order valence-electron chi connectivity index (χ4n) is 1.90. The maximum Gasteiger partial charge on any atom is 0.123 e. The summed E-state index contributed by atoms with van der Waals surface area (Å²) in [5.74, 6) is 0.950. The molecule has 0 unspecified atom stereocenters. The summed E-state index contributed by atoms with van der Waals surface area (Å²) < 4.78 is 10.4. The van der Waals surface area contributed by atoms with Gasteiger partial charge in [0, 0.05) is 38.9 Å². The lowest BCUT2D eigenvalue weighted by Crippen LogP contribution is -2.31. The van der Waals surface area contributed by atoms with Crippen LogP contribution in [-0.4, -0.2) is 52.4 Å². The minimum absolute atomic E-state index is 0.780. The van der Waals surface area contributed by atoms with Gasteiger partial charge in [0.1, 0.15) is 5.75 Å². The first-order valence-corrected chi connectivity index (χ1v) is 6.69. The van der Waals surface area contributed by atoms with Crippen molar-refractivity contribution in [3.8, 4) is 5.75 Å².